The fourth-order valence-electron chi connectivity index (χ4n) is 1.60. The van der Waals surface area contributed by atoms with E-state index in [1.54, 1.807) is 43.6 Å². The van der Waals surface area contributed by atoms with Gasteiger partial charge in [-0.05, 0) is 24.3 Å². The second kappa shape index (κ2) is 5.53. The van der Waals surface area contributed by atoms with Crippen molar-refractivity contribution >= 4 is 11.6 Å². The zero-order valence-corrected chi connectivity index (χ0v) is 10.6. The Morgan fingerprint density at radius 1 is 1.42 bits per heavy atom. The summed E-state index contributed by atoms with van der Waals surface area (Å²) in [7, 11) is 0. The van der Waals surface area contributed by atoms with Crippen LogP contribution in [0.4, 0.5) is 5.69 Å². The van der Waals surface area contributed by atoms with Gasteiger partial charge < -0.3 is 16.0 Å². The lowest BCUT2D eigenvalue weighted by Crippen LogP contribution is -2.26. The third-order valence-electron chi connectivity index (χ3n) is 2.86. The van der Waals surface area contributed by atoms with Gasteiger partial charge in [-0.25, -0.2) is 4.79 Å². The predicted molar refractivity (Wildman–Crippen MR) is 73.2 cm³/mol. The van der Waals surface area contributed by atoms with Gasteiger partial charge >= 0.3 is 5.69 Å². The summed E-state index contributed by atoms with van der Waals surface area (Å²) < 4.78 is 1.48. The maximum Gasteiger partial charge on any atom is 0.330 e. The highest BCUT2D eigenvalue weighted by Crippen LogP contribution is 2.12. The number of amides is 1. The average molecular weight is 260 g/mol. The van der Waals surface area contributed by atoms with Gasteiger partial charge in [0.1, 0.15) is 0 Å². The molecule has 0 bridgehead atoms. The fourth-order valence-corrected chi connectivity index (χ4v) is 1.60. The number of imidazole rings is 1. The molecule has 0 aliphatic rings. The standard InChI is InChI=1S/C13H16N4O2/c1-9(8-14)12(18)16-10-2-4-11(5-3-10)17-7-6-15-13(17)19/h2-7,9H,8,14H2,1H3,(H,15,19)(H,16,18). The summed E-state index contributed by atoms with van der Waals surface area (Å²) in [5.74, 6) is -0.346. The summed E-state index contributed by atoms with van der Waals surface area (Å²) in [5, 5.41) is 2.77. The van der Waals surface area contributed by atoms with Crippen LogP contribution in [-0.2, 0) is 4.79 Å². The quantitative estimate of drug-likeness (QED) is 0.755. The number of H-pyrrole nitrogens is 1. The predicted octanol–water partition coefficient (Wildman–Crippen LogP) is 0.699. The van der Waals surface area contributed by atoms with Crippen molar-refractivity contribution in [2.45, 2.75) is 6.92 Å². The molecule has 6 nitrogen and oxygen atoms in total. The SMILES string of the molecule is CC(CN)C(=O)Nc1ccc(-n2cc[nH]c2=O)cc1. The summed E-state index contributed by atoms with van der Waals surface area (Å²) in [6, 6.07) is 7.02. The largest absolute Gasteiger partial charge is 0.330 e. The third-order valence-corrected chi connectivity index (χ3v) is 2.86. The molecule has 6 heteroatoms. The lowest BCUT2D eigenvalue weighted by atomic mass is 10.1. The summed E-state index contributed by atoms with van der Waals surface area (Å²) in [6.07, 6.45) is 3.22. The van der Waals surface area contributed by atoms with E-state index in [1.165, 1.54) is 4.57 Å². The maximum absolute atomic E-state index is 11.7. The van der Waals surface area contributed by atoms with Gasteiger partial charge in [-0.1, -0.05) is 6.92 Å². The normalized spacial score (nSPS) is 12.1. The number of hydrogen-bond acceptors (Lipinski definition) is 3. The van der Waals surface area contributed by atoms with Gasteiger partial charge in [-0.3, -0.25) is 9.36 Å². The van der Waals surface area contributed by atoms with Gasteiger partial charge in [-0.15, -0.1) is 0 Å². The van der Waals surface area contributed by atoms with E-state index in [9.17, 15) is 9.59 Å². The number of nitrogens with two attached hydrogens (primary N) is 1. The average Bonchev–Trinajstić information content (AvgIpc) is 2.85. The van der Waals surface area contributed by atoms with E-state index in [1.807, 2.05) is 0 Å². The lowest BCUT2D eigenvalue weighted by Gasteiger charge is -2.10. The molecule has 1 aromatic carbocycles. The van der Waals surface area contributed by atoms with Crippen molar-refractivity contribution in [2.75, 3.05) is 11.9 Å². The van der Waals surface area contributed by atoms with Gasteiger partial charge in [-0.2, -0.15) is 0 Å². The van der Waals surface area contributed by atoms with Crippen molar-refractivity contribution in [3.63, 3.8) is 0 Å². The molecule has 0 saturated heterocycles. The Kier molecular flexibility index (Phi) is 3.82. The van der Waals surface area contributed by atoms with Gasteiger partial charge in [0.2, 0.25) is 5.91 Å². The lowest BCUT2D eigenvalue weighted by molar-refractivity contribution is -0.119. The van der Waals surface area contributed by atoms with Crippen LogP contribution in [0.5, 0.6) is 0 Å². The number of nitrogens with one attached hydrogen (secondary N) is 2. The summed E-state index contributed by atoms with van der Waals surface area (Å²) in [4.78, 5) is 25.7. The van der Waals surface area contributed by atoms with Crippen LogP contribution in [0.3, 0.4) is 0 Å². The molecule has 0 spiro atoms. The monoisotopic (exact) mass is 260 g/mol. The molecule has 1 aromatic heterocycles. The third kappa shape index (κ3) is 2.92. The molecule has 2 rings (SSSR count). The first-order chi connectivity index (χ1) is 9.11. The minimum Gasteiger partial charge on any atom is -0.330 e. The van der Waals surface area contributed by atoms with Gasteiger partial charge in [0.15, 0.2) is 0 Å². The summed E-state index contributed by atoms with van der Waals surface area (Å²) in [6.45, 7) is 2.08. The first-order valence-electron chi connectivity index (χ1n) is 5.99. The van der Waals surface area contributed by atoms with Crippen LogP contribution in [0.1, 0.15) is 6.92 Å². The van der Waals surface area contributed by atoms with Crippen molar-refractivity contribution in [3.8, 4) is 5.69 Å². The topological polar surface area (TPSA) is 92.9 Å². The molecular formula is C13H16N4O2. The minimum atomic E-state index is -0.230. The first kappa shape index (κ1) is 13.1. The van der Waals surface area contributed by atoms with E-state index in [0.717, 1.165) is 5.69 Å². The molecule has 100 valence electrons. The highest BCUT2D eigenvalue weighted by molar-refractivity contribution is 5.92. The van der Waals surface area contributed by atoms with Crippen molar-refractivity contribution in [2.24, 2.45) is 11.7 Å². The van der Waals surface area contributed by atoms with Crippen molar-refractivity contribution in [1.82, 2.24) is 9.55 Å². The zero-order chi connectivity index (χ0) is 13.8. The Morgan fingerprint density at radius 2 is 2.11 bits per heavy atom. The van der Waals surface area contributed by atoms with Gasteiger partial charge in [0.25, 0.3) is 0 Å². The van der Waals surface area contributed by atoms with Crippen molar-refractivity contribution < 1.29 is 4.79 Å². The number of aromatic nitrogens is 2. The van der Waals surface area contributed by atoms with E-state index in [0.29, 0.717) is 12.2 Å². The fraction of sp³-hybridized carbons (Fsp3) is 0.231. The van der Waals surface area contributed by atoms with Crippen LogP contribution in [0.25, 0.3) is 5.69 Å². The Balaban J connectivity index is 2.13. The Hall–Kier alpha value is -2.34. The molecule has 2 aromatic rings. The summed E-state index contributed by atoms with van der Waals surface area (Å²) >= 11 is 0. The number of carbonyl (C=O) groups is 1. The van der Waals surface area contributed by atoms with Crippen LogP contribution < -0.4 is 16.7 Å². The molecule has 1 heterocycles. The molecule has 0 aliphatic heterocycles. The van der Waals surface area contributed by atoms with Crippen LogP contribution >= 0.6 is 0 Å². The second-order valence-corrected chi connectivity index (χ2v) is 4.31. The van der Waals surface area contributed by atoms with E-state index in [-0.39, 0.29) is 17.5 Å². The maximum atomic E-state index is 11.7. The number of hydrogen-bond donors (Lipinski definition) is 3. The van der Waals surface area contributed by atoms with Gasteiger partial charge in [0.05, 0.1) is 5.69 Å². The minimum absolute atomic E-state index is 0.117. The van der Waals surface area contributed by atoms with E-state index < -0.39 is 0 Å². The number of carbonyl (C=O) groups excluding carboxylic acids is 1. The Labute approximate surface area is 110 Å². The molecular weight excluding hydrogens is 244 g/mol. The van der Waals surface area contributed by atoms with Crippen molar-refractivity contribution in [1.29, 1.82) is 0 Å². The van der Waals surface area contributed by atoms with Crippen molar-refractivity contribution in [3.05, 3.63) is 47.1 Å². The van der Waals surface area contributed by atoms with Crippen LogP contribution in [0.15, 0.2) is 41.5 Å². The molecule has 1 amide bonds. The van der Waals surface area contributed by atoms with Crippen LogP contribution in [-0.4, -0.2) is 22.0 Å². The number of anilines is 1. The molecule has 1 atom stereocenters. The molecule has 0 radical (unpaired) electrons. The van der Waals surface area contributed by atoms with Crippen LogP contribution in [0, 0.1) is 5.92 Å². The highest BCUT2D eigenvalue weighted by atomic mass is 16.2. The molecule has 0 saturated carbocycles. The Morgan fingerprint density at radius 3 is 2.63 bits per heavy atom. The summed E-state index contributed by atoms with van der Waals surface area (Å²) in [5.41, 5.74) is 6.64. The number of aromatic amines is 1. The number of nitrogens with zero attached hydrogens (tertiary/aromatic N) is 1. The second-order valence-electron chi connectivity index (χ2n) is 4.31. The molecule has 19 heavy (non-hydrogen) atoms. The molecule has 4 N–H and O–H groups in total. The zero-order valence-electron chi connectivity index (χ0n) is 10.6. The van der Waals surface area contributed by atoms with E-state index in [2.05, 4.69) is 10.3 Å². The number of benzene rings is 1. The van der Waals surface area contributed by atoms with Crippen LogP contribution in [0.2, 0.25) is 0 Å². The van der Waals surface area contributed by atoms with Gasteiger partial charge in [0, 0.05) is 30.5 Å². The molecule has 1 unspecified atom stereocenters. The molecule has 0 aliphatic carbocycles. The smallest absolute Gasteiger partial charge is 0.330 e. The first-order valence-corrected chi connectivity index (χ1v) is 5.99. The van der Waals surface area contributed by atoms with E-state index in [4.69, 9.17) is 5.73 Å². The number of rotatable bonds is 4. The highest BCUT2D eigenvalue weighted by Gasteiger charge is 2.10. The Bertz CT molecular complexity index is 612. The van der Waals surface area contributed by atoms with E-state index >= 15 is 0 Å². The molecule has 0 fully saturated rings.